The number of ether oxygens (including phenoxy) is 1. The van der Waals surface area contributed by atoms with Crippen molar-refractivity contribution in [2.45, 2.75) is 96.3 Å². The number of fused-ring (bicyclic) bond motifs is 8. The van der Waals surface area contributed by atoms with E-state index < -0.39 is 5.60 Å². The van der Waals surface area contributed by atoms with E-state index in [-0.39, 0.29) is 23.4 Å². The van der Waals surface area contributed by atoms with Gasteiger partial charge in [-0.25, -0.2) is 4.79 Å². The van der Waals surface area contributed by atoms with Crippen LogP contribution in [0.1, 0.15) is 88.9 Å². The lowest BCUT2D eigenvalue weighted by Crippen LogP contribution is -2.67. The Morgan fingerprint density at radius 3 is 2.51 bits per heavy atom. The molecule has 39 heavy (non-hydrogen) atoms. The zero-order valence-corrected chi connectivity index (χ0v) is 24.1. The van der Waals surface area contributed by atoms with Crippen LogP contribution in [0.5, 0.6) is 0 Å². The van der Waals surface area contributed by atoms with Crippen LogP contribution in [0, 0.1) is 52.8 Å². The van der Waals surface area contributed by atoms with E-state index >= 15 is 0 Å². The first kappa shape index (κ1) is 26.2. The topological polar surface area (TPSA) is 66.8 Å². The highest BCUT2D eigenvalue weighted by Crippen LogP contribution is 2.66. The summed E-state index contributed by atoms with van der Waals surface area (Å²) in [5, 5.41) is 12.0. The second-order valence-electron chi connectivity index (χ2n) is 15.0. The third kappa shape index (κ3) is 4.08. The van der Waals surface area contributed by atoms with Crippen molar-refractivity contribution < 1.29 is 19.4 Å². The number of carbonyl (C=O) groups is 2. The molecule has 4 aliphatic carbocycles. The SMILES string of the molecule is C[C@@H]1CC[C@H]2N(C1)C[C@H]1[C@@H]3C[C@@H]4[C@@H](CC(=O)[C@@H]5C[C@@H](OC(=O)c6ccccc6)CC[C@]45C)[C@H]3CC[C@@H]1[C@]2(C)O. The minimum atomic E-state index is -0.606. The Hall–Kier alpha value is -1.72. The molecular formula is C34H47NO4. The number of hydrogen-bond acceptors (Lipinski definition) is 5. The van der Waals surface area contributed by atoms with E-state index in [1.807, 2.05) is 18.2 Å². The van der Waals surface area contributed by atoms with Gasteiger partial charge in [0.15, 0.2) is 0 Å². The molecule has 5 nitrogen and oxygen atoms in total. The van der Waals surface area contributed by atoms with E-state index in [2.05, 4.69) is 25.7 Å². The van der Waals surface area contributed by atoms with E-state index in [0.717, 1.165) is 38.8 Å². The molecule has 1 aromatic carbocycles. The van der Waals surface area contributed by atoms with Crippen LogP contribution in [0.15, 0.2) is 30.3 Å². The largest absolute Gasteiger partial charge is 0.459 e. The van der Waals surface area contributed by atoms with Crippen molar-refractivity contribution in [1.82, 2.24) is 4.90 Å². The molecule has 1 aromatic rings. The van der Waals surface area contributed by atoms with Crippen molar-refractivity contribution in [1.29, 1.82) is 0 Å². The first-order valence-corrected chi connectivity index (χ1v) is 15.9. The average molecular weight is 534 g/mol. The fourth-order valence-corrected chi connectivity index (χ4v) is 11.2. The van der Waals surface area contributed by atoms with Gasteiger partial charge in [0.1, 0.15) is 11.9 Å². The predicted molar refractivity (Wildman–Crippen MR) is 150 cm³/mol. The smallest absolute Gasteiger partial charge is 0.338 e. The van der Waals surface area contributed by atoms with Gasteiger partial charge < -0.3 is 9.84 Å². The van der Waals surface area contributed by atoms with Crippen molar-refractivity contribution in [2.24, 2.45) is 52.8 Å². The summed E-state index contributed by atoms with van der Waals surface area (Å²) >= 11 is 0. The van der Waals surface area contributed by atoms with Crippen LogP contribution in [0.4, 0.5) is 0 Å². The number of benzene rings is 1. The number of aliphatic hydroxyl groups is 1. The summed E-state index contributed by atoms with van der Waals surface area (Å²) in [6.45, 7) is 9.18. The molecule has 7 rings (SSSR count). The number of esters is 1. The molecule has 6 aliphatic rings. The van der Waals surface area contributed by atoms with Crippen molar-refractivity contribution in [3.05, 3.63) is 35.9 Å². The number of nitrogens with zero attached hydrogens (tertiary/aromatic N) is 1. The Labute approximate surface area is 234 Å². The molecule has 2 heterocycles. The van der Waals surface area contributed by atoms with E-state index in [0.29, 0.717) is 71.7 Å². The molecule has 5 heteroatoms. The van der Waals surface area contributed by atoms with Crippen LogP contribution in [0.2, 0.25) is 0 Å². The molecule has 2 saturated heterocycles. The third-order valence-electron chi connectivity index (χ3n) is 13.1. The van der Waals surface area contributed by atoms with Gasteiger partial charge in [0.2, 0.25) is 0 Å². The molecule has 4 saturated carbocycles. The summed E-state index contributed by atoms with van der Waals surface area (Å²) in [4.78, 5) is 29.2. The lowest BCUT2D eigenvalue weighted by Gasteiger charge is -2.59. The van der Waals surface area contributed by atoms with Crippen LogP contribution in [-0.4, -0.2) is 52.6 Å². The zero-order valence-electron chi connectivity index (χ0n) is 24.1. The molecule has 0 bridgehead atoms. The molecule has 0 unspecified atom stereocenters. The Morgan fingerprint density at radius 1 is 0.923 bits per heavy atom. The van der Waals surface area contributed by atoms with Gasteiger partial charge in [0, 0.05) is 31.5 Å². The van der Waals surface area contributed by atoms with Gasteiger partial charge in [-0.05, 0) is 117 Å². The average Bonchev–Trinajstić information content (AvgIpc) is 3.29. The maximum absolute atomic E-state index is 13.8. The van der Waals surface area contributed by atoms with Gasteiger partial charge in [0.05, 0.1) is 11.2 Å². The molecule has 0 radical (unpaired) electrons. The molecule has 6 fully saturated rings. The molecule has 0 aromatic heterocycles. The molecular weight excluding hydrogens is 486 g/mol. The second kappa shape index (κ2) is 9.41. The first-order valence-electron chi connectivity index (χ1n) is 15.9. The van der Waals surface area contributed by atoms with Crippen LogP contribution in [0.25, 0.3) is 0 Å². The highest BCUT2D eigenvalue weighted by Gasteiger charge is 2.64. The Balaban J connectivity index is 1.10. The zero-order chi connectivity index (χ0) is 27.1. The molecule has 12 atom stereocenters. The minimum absolute atomic E-state index is 0.00110. The quantitative estimate of drug-likeness (QED) is 0.490. The van der Waals surface area contributed by atoms with Crippen LogP contribution in [-0.2, 0) is 9.53 Å². The standard InChI is InChI=1S/C34H47NO4/c1-20-9-12-31-34(3,38)27-11-10-23-24(26(27)19-35(31)18-20)16-28-25(23)17-30(36)29-15-22(13-14-33(28,29)2)39-32(37)21-7-5-4-6-8-21/h4-8,20,22-29,31,38H,9-19H2,1-3H3/t20-,22+,23+,24-,25+,26+,27+,28-,29+,31-,33-,34+/m1/s1. The van der Waals surface area contributed by atoms with Crippen LogP contribution < -0.4 is 0 Å². The fourth-order valence-electron chi connectivity index (χ4n) is 11.2. The van der Waals surface area contributed by atoms with Gasteiger partial charge in [-0.15, -0.1) is 0 Å². The summed E-state index contributed by atoms with van der Waals surface area (Å²) < 4.78 is 5.95. The molecule has 0 spiro atoms. The Morgan fingerprint density at radius 2 is 1.72 bits per heavy atom. The molecule has 1 N–H and O–H groups in total. The lowest BCUT2D eigenvalue weighted by atomic mass is 9.51. The van der Waals surface area contributed by atoms with E-state index in [1.54, 1.807) is 12.1 Å². The summed E-state index contributed by atoms with van der Waals surface area (Å²) in [5.74, 6) is 4.12. The van der Waals surface area contributed by atoms with Gasteiger partial charge in [-0.2, -0.15) is 0 Å². The number of piperidine rings is 2. The predicted octanol–water partition coefficient (Wildman–Crippen LogP) is 5.75. The lowest BCUT2D eigenvalue weighted by molar-refractivity contribution is -0.175. The van der Waals surface area contributed by atoms with Crippen molar-refractivity contribution >= 4 is 11.8 Å². The fraction of sp³-hybridized carbons (Fsp3) is 0.765. The molecule has 0 amide bonds. The van der Waals surface area contributed by atoms with Crippen molar-refractivity contribution in [3.63, 3.8) is 0 Å². The van der Waals surface area contributed by atoms with Crippen molar-refractivity contribution in [3.8, 4) is 0 Å². The van der Waals surface area contributed by atoms with E-state index in [1.165, 1.54) is 19.3 Å². The summed E-state index contributed by atoms with van der Waals surface area (Å²) in [5.41, 5.74) is -0.0175. The van der Waals surface area contributed by atoms with Crippen LogP contribution in [0.3, 0.4) is 0 Å². The molecule has 212 valence electrons. The van der Waals surface area contributed by atoms with Gasteiger partial charge in [-0.3, -0.25) is 9.69 Å². The monoisotopic (exact) mass is 533 g/mol. The normalized spacial score (nSPS) is 49.2. The van der Waals surface area contributed by atoms with Crippen LogP contribution >= 0.6 is 0 Å². The first-order chi connectivity index (χ1) is 18.7. The summed E-state index contributed by atoms with van der Waals surface area (Å²) in [7, 11) is 0. The van der Waals surface area contributed by atoms with Gasteiger partial charge >= 0.3 is 5.97 Å². The van der Waals surface area contributed by atoms with E-state index in [4.69, 9.17) is 4.74 Å². The summed E-state index contributed by atoms with van der Waals surface area (Å²) in [6, 6.07) is 9.54. The Bertz CT molecular complexity index is 1120. The second-order valence-corrected chi connectivity index (χ2v) is 15.0. The molecule has 2 aliphatic heterocycles. The highest BCUT2D eigenvalue weighted by atomic mass is 16.5. The Kier molecular flexibility index (Phi) is 6.32. The van der Waals surface area contributed by atoms with Crippen molar-refractivity contribution in [2.75, 3.05) is 13.1 Å². The number of rotatable bonds is 2. The summed E-state index contributed by atoms with van der Waals surface area (Å²) in [6.07, 6.45) is 8.91. The van der Waals surface area contributed by atoms with E-state index in [9.17, 15) is 14.7 Å². The third-order valence-corrected chi connectivity index (χ3v) is 13.1. The minimum Gasteiger partial charge on any atom is -0.459 e. The highest BCUT2D eigenvalue weighted by molar-refractivity contribution is 5.89. The van der Waals surface area contributed by atoms with Gasteiger partial charge in [-0.1, -0.05) is 32.0 Å². The number of carbonyl (C=O) groups excluding carboxylic acids is 2. The number of ketones is 1. The van der Waals surface area contributed by atoms with Gasteiger partial charge in [0.25, 0.3) is 0 Å². The number of hydrogen-bond donors (Lipinski definition) is 1. The maximum Gasteiger partial charge on any atom is 0.338 e. The maximum atomic E-state index is 13.8. The number of Topliss-reactive ketones (excluding diaryl/α,β-unsaturated/α-hetero) is 1.